The maximum absolute atomic E-state index is 14.7. The second kappa shape index (κ2) is 10.4. The third-order valence-corrected chi connectivity index (χ3v) is 9.55. The van der Waals surface area contributed by atoms with E-state index in [0.29, 0.717) is 28.6 Å². The van der Waals surface area contributed by atoms with Gasteiger partial charge in [-0.05, 0) is 84.2 Å². The average Bonchev–Trinajstić information content (AvgIpc) is 3.48. The van der Waals surface area contributed by atoms with E-state index in [2.05, 4.69) is 20.2 Å². The Balaban J connectivity index is 1.28. The number of benzene rings is 1. The number of hydrogen-bond donors (Lipinski definition) is 1. The number of nitrogens with one attached hydrogen (secondary N) is 1. The van der Waals surface area contributed by atoms with Crippen molar-refractivity contribution in [3.63, 3.8) is 0 Å². The van der Waals surface area contributed by atoms with Gasteiger partial charge in [0, 0.05) is 29.4 Å². The number of likely N-dealkylation sites (tertiary alicyclic amines) is 1. The summed E-state index contributed by atoms with van der Waals surface area (Å²) >= 11 is 0. The summed E-state index contributed by atoms with van der Waals surface area (Å²) < 4.78 is 31.2. The summed E-state index contributed by atoms with van der Waals surface area (Å²) in [4.78, 5) is 31.5. The molecule has 1 N–H and O–H groups in total. The summed E-state index contributed by atoms with van der Waals surface area (Å²) in [6, 6.07) is 8.68. The van der Waals surface area contributed by atoms with Gasteiger partial charge in [0.05, 0.1) is 35.3 Å². The summed E-state index contributed by atoms with van der Waals surface area (Å²) in [6.07, 6.45) is 9.45. The van der Waals surface area contributed by atoms with Gasteiger partial charge in [-0.15, -0.1) is 0 Å². The standard InChI is InChI=1S/C33H37F2N7O/c1-19(2)41-18-37-27-15-26(38-31(30(27)41)39-29-24(34)16-36-17-25(29)35)20-8-9-23-28(12-20)42(32(43)33(23,3)4)22-13-21(14-22)40-10-6-5-7-11-40/h8-9,12,15-19,21-22H,5-7,10-11,13-14H2,1-4H3,(H,36,38,39). The molecule has 3 aromatic heterocycles. The number of imidazole rings is 1. The van der Waals surface area contributed by atoms with Crippen LogP contribution in [0.3, 0.4) is 0 Å². The Morgan fingerprint density at radius 2 is 1.72 bits per heavy atom. The molecule has 224 valence electrons. The number of nitrogens with zero attached hydrogens (tertiary/aromatic N) is 6. The number of amides is 1. The van der Waals surface area contributed by atoms with Gasteiger partial charge < -0.3 is 19.7 Å². The van der Waals surface area contributed by atoms with Gasteiger partial charge in [-0.3, -0.25) is 9.78 Å². The molecule has 1 saturated heterocycles. The van der Waals surface area contributed by atoms with Crippen LogP contribution in [0.15, 0.2) is 43.0 Å². The number of aromatic nitrogens is 4. The van der Waals surface area contributed by atoms with Crippen molar-refractivity contribution in [2.45, 2.75) is 83.3 Å². The SMILES string of the molecule is CC(C)n1cnc2cc(-c3ccc4c(c3)N(C3CC(N5CCCCC5)C3)C(=O)C4(C)C)nc(Nc3c(F)cncc3F)c21. The summed E-state index contributed by atoms with van der Waals surface area (Å²) in [5.74, 6) is -1.20. The second-order valence-corrected chi connectivity index (χ2v) is 13.0. The highest BCUT2D eigenvalue weighted by molar-refractivity contribution is 6.08. The lowest BCUT2D eigenvalue weighted by Crippen LogP contribution is -2.57. The lowest BCUT2D eigenvalue weighted by molar-refractivity contribution is -0.123. The zero-order valence-corrected chi connectivity index (χ0v) is 25.1. The second-order valence-electron chi connectivity index (χ2n) is 13.0. The minimum Gasteiger partial charge on any atom is -0.334 e. The number of rotatable bonds is 6. The number of piperidine rings is 1. The van der Waals surface area contributed by atoms with E-state index in [1.807, 2.05) is 61.4 Å². The zero-order chi connectivity index (χ0) is 30.0. The maximum atomic E-state index is 14.7. The van der Waals surface area contributed by atoms with Gasteiger partial charge in [-0.25, -0.2) is 18.7 Å². The van der Waals surface area contributed by atoms with Crippen molar-refractivity contribution in [2.75, 3.05) is 23.3 Å². The molecule has 8 nitrogen and oxygen atoms in total. The number of hydrogen-bond acceptors (Lipinski definition) is 6. The van der Waals surface area contributed by atoms with Crippen LogP contribution < -0.4 is 10.2 Å². The zero-order valence-electron chi connectivity index (χ0n) is 25.1. The Labute approximate surface area is 250 Å². The summed E-state index contributed by atoms with van der Waals surface area (Å²) in [5, 5.41) is 2.90. The first-order valence-electron chi connectivity index (χ1n) is 15.3. The van der Waals surface area contributed by atoms with Crippen molar-refractivity contribution in [1.82, 2.24) is 24.4 Å². The van der Waals surface area contributed by atoms with Gasteiger partial charge in [0.1, 0.15) is 11.2 Å². The van der Waals surface area contributed by atoms with Crippen LogP contribution in [0.25, 0.3) is 22.3 Å². The number of fused-ring (bicyclic) bond motifs is 2. The largest absolute Gasteiger partial charge is 0.334 e. The molecule has 43 heavy (non-hydrogen) atoms. The quantitative estimate of drug-likeness (QED) is 0.270. The first-order valence-corrected chi connectivity index (χ1v) is 15.3. The molecular formula is C33H37F2N7O. The Hall–Kier alpha value is -3.92. The van der Waals surface area contributed by atoms with E-state index in [9.17, 15) is 13.6 Å². The average molecular weight is 586 g/mol. The van der Waals surface area contributed by atoms with Crippen molar-refractivity contribution in [3.05, 3.63) is 60.2 Å². The Morgan fingerprint density at radius 3 is 2.42 bits per heavy atom. The normalized spacial score (nSPS) is 21.8. The Morgan fingerprint density at radius 1 is 1.00 bits per heavy atom. The van der Waals surface area contributed by atoms with Crippen molar-refractivity contribution >= 4 is 34.1 Å². The van der Waals surface area contributed by atoms with E-state index in [1.54, 1.807) is 6.33 Å². The molecule has 0 bridgehead atoms. The minimum atomic E-state index is -0.812. The molecule has 1 saturated carbocycles. The lowest BCUT2D eigenvalue weighted by atomic mass is 9.82. The van der Waals surface area contributed by atoms with Crippen LogP contribution in [0.1, 0.15) is 71.4 Å². The third-order valence-electron chi connectivity index (χ3n) is 9.55. The van der Waals surface area contributed by atoms with E-state index in [1.165, 1.54) is 19.3 Å². The molecule has 5 heterocycles. The number of halogens is 2. The Bertz CT molecular complexity index is 1700. The molecule has 2 aliphatic heterocycles. The van der Waals surface area contributed by atoms with Gasteiger partial charge in [0.15, 0.2) is 17.5 Å². The van der Waals surface area contributed by atoms with E-state index >= 15 is 0 Å². The summed E-state index contributed by atoms with van der Waals surface area (Å²) in [5.41, 5.74) is 3.68. The molecule has 3 aliphatic rings. The van der Waals surface area contributed by atoms with Gasteiger partial charge in [0.2, 0.25) is 5.91 Å². The van der Waals surface area contributed by atoms with Crippen LogP contribution in [0, 0.1) is 11.6 Å². The highest BCUT2D eigenvalue weighted by Crippen LogP contribution is 2.48. The van der Waals surface area contributed by atoms with Gasteiger partial charge in [0.25, 0.3) is 0 Å². The van der Waals surface area contributed by atoms with Crippen molar-refractivity contribution in [2.24, 2.45) is 0 Å². The fraction of sp³-hybridized carbons (Fsp3) is 0.455. The molecule has 1 amide bonds. The summed E-state index contributed by atoms with van der Waals surface area (Å²) in [6.45, 7) is 10.3. The van der Waals surface area contributed by atoms with Gasteiger partial charge in [-0.2, -0.15) is 0 Å². The van der Waals surface area contributed by atoms with E-state index in [0.717, 1.165) is 55.1 Å². The third kappa shape index (κ3) is 4.58. The number of pyridine rings is 2. The van der Waals surface area contributed by atoms with Crippen LogP contribution in [0.5, 0.6) is 0 Å². The summed E-state index contributed by atoms with van der Waals surface area (Å²) in [7, 11) is 0. The molecule has 4 aromatic rings. The molecule has 7 rings (SSSR count). The van der Waals surface area contributed by atoms with Crippen LogP contribution in [-0.2, 0) is 10.2 Å². The lowest BCUT2D eigenvalue weighted by Gasteiger charge is -2.48. The topological polar surface area (TPSA) is 79.2 Å². The molecule has 0 atom stereocenters. The van der Waals surface area contributed by atoms with Crippen molar-refractivity contribution in [1.29, 1.82) is 0 Å². The first-order chi connectivity index (χ1) is 20.6. The van der Waals surface area contributed by atoms with E-state index in [4.69, 9.17) is 4.98 Å². The maximum Gasteiger partial charge on any atom is 0.237 e. The molecule has 1 aromatic carbocycles. The molecule has 0 unspecified atom stereocenters. The monoisotopic (exact) mass is 585 g/mol. The first kappa shape index (κ1) is 27.9. The fourth-order valence-corrected chi connectivity index (χ4v) is 6.99. The van der Waals surface area contributed by atoms with Crippen molar-refractivity contribution < 1.29 is 13.6 Å². The molecule has 10 heteroatoms. The van der Waals surface area contributed by atoms with Crippen LogP contribution in [0.4, 0.5) is 26.0 Å². The van der Waals surface area contributed by atoms with Gasteiger partial charge >= 0.3 is 0 Å². The highest BCUT2D eigenvalue weighted by Gasteiger charge is 2.50. The molecule has 1 aliphatic carbocycles. The van der Waals surface area contributed by atoms with Crippen LogP contribution in [-0.4, -0.2) is 55.5 Å². The minimum absolute atomic E-state index is 0.0448. The van der Waals surface area contributed by atoms with Gasteiger partial charge in [-0.1, -0.05) is 18.6 Å². The predicted molar refractivity (Wildman–Crippen MR) is 164 cm³/mol. The highest BCUT2D eigenvalue weighted by atomic mass is 19.1. The smallest absolute Gasteiger partial charge is 0.237 e. The van der Waals surface area contributed by atoms with Crippen LogP contribution >= 0.6 is 0 Å². The Kier molecular flexibility index (Phi) is 6.72. The number of carbonyl (C=O) groups is 1. The number of anilines is 3. The molecular weight excluding hydrogens is 548 g/mol. The predicted octanol–water partition coefficient (Wildman–Crippen LogP) is 6.74. The molecule has 0 spiro atoms. The van der Waals surface area contributed by atoms with Crippen LogP contribution in [0.2, 0.25) is 0 Å². The van der Waals surface area contributed by atoms with Crippen molar-refractivity contribution in [3.8, 4) is 11.3 Å². The molecule has 0 radical (unpaired) electrons. The fourth-order valence-electron chi connectivity index (χ4n) is 6.99. The molecule has 2 fully saturated rings. The number of carbonyl (C=O) groups excluding carboxylic acids is 1. The van der Waals surface area contributed by atoms with E-state index < -0.39 is 17.0 Å². The van der Waals surface area contributed by atoms with E-state index in [-0.39, 0.29) is 23.7 Å².